The minimum Gasteiger partial charge on any atom is -0.301 e. The van der Waals surface area contributed by atoms with Crippen LogP contribution < -0.4 is 16.1 Å². The van der Waals surface area contributed by atoms with Crippen molar-refractivity contribution < 1.29 is 4.79 Å². The number of anilines is 1. The van der Waals surface area contributed by atoms with E-state index in [1.54, 1.807) is 16.7 Å². The third-order valence-electron chi connectivity index (χ3n) is 6.02. The molecule has 2 aliphatic rings. The Morgan fingerprint density at radius 2 is 1.84 bits per heavy atom. The summed E-state index contributed by atoms with van der Waals surface area (Å²) < 4.78 is 2.38. The highest BCUT2D eigenvalue weighted by Crippen LogP contribution is 2.43. The second-order valence-corrected chi connectivity index (χ2v) is 8.89. The summed E-state index contributed by atoms with van der Waals surface area (Å²) in [5, 5.41) is 9.52. The number of carbonyl (C=O) groups is 1. The molecule has 0 unspecified atom stereocenters. The van der Waals surface area contributed by atoms with Gasteiger partial charge in [-0.25, -0.2) is 9.36 Å². The van der Waals surface area contributed by atoms with E-state index in [0.29, 0.717) is 30.8 Å². The highest BCUT2D eigenvalue weighted by molar-refractivity contribution is 7.99. The molecule has 32 heavy (non-hydrogen) atoms. The number of benzene rings is 2. The first-order valence-electron chi connectivity index (χ1n) is 10.5. The number of aromatic nitrogens is 2. The van der Waals surface area contributed by atoms with Crippen LogP contribution >= 0.6 is 11.8 Å². The quantitative estimate of drug-likeness (QED) is 0.620. The van der Waals surface area contributed by atoms with Crippen LogP contribution in [0.5, 0.6) is 0 Å². The third-order valence-corrected chi connectivity index (χ3v) is 7.16. The largest absolute Gasteiger partial charge is 0.331 e. The molecule has 2 aromatic carbocycles. The van der Waals surface area contributed by atoms with E-state index in [4.69, 9.17) is 0 Å². The Labute approximate surface area is 188 Å². The van der Waals surface area contributed by atoms with Gasteiger partial charge in [0.05, 0.1) is 11.7 Å². The van der Waals surface area contributed by atoms with Crippen molar-refractivity contribution in [1.82, 2.24) is 9.13 Å². The molecule has 1 atom stereocenters. The minimum atomic E-state index is -0.685. The average molecular weight is 445 g/mol. The van der Waals surface area contributed by atoms with E-state index in [0.717, 1.165) is 20.7 Å². The summed E-state index contributed by atoms with van der Waals surface area (Å²) in [4.78, 5) is 42.3. The zero-order valence-corrected chi connectivity index (χ0v) is 18.0. The van der Waals surface area contributed by atoms with E-state index >= 15 is 0 Å². The van der Waals surface area contributed by atoms with Crippen LogP contribution in [0.3, 0.4) is 0 Å². The summed E-state index contributed by atoms with van der Waals surface area (Å²) in [6.07, 6.45) is 1.23. The predicted octanol–water partition coefficient (Wildman–Crippen LogP) is 2.71. The molecule has 1 amide bonds. The molecule has 0 radical (unpaired) electrons. The van der Waals surface area contributed by atoms with Gasteiger partial charge < -0.3 is 4.90 Å². The van der Waals surface area contributed by atoms with E-state index in [-0.39, 0.29) is 17.5 Å². The van der Waals surface area contributed by atoms with E-state index in [9.17, 15) is 19.6 Å². The second kappa shape index (κ2) is 8.17. The summed E-state index contributed by atoms with van der Waals surface area (Å²) in [7, 11) is 0. The first-order chi connectivity index (χ1) is 15.6. The summed E-state index contributed by atoms with van der Waals surface area (Å²) in [6.45, 7) is 0.0438. The van der Waals surface area contributed by atoms with Crippen molar-refractivity contribution >= 4 is 23.4 Å². The maximum absolute atomic E-state index is 13.6. The zero-order valence-electron chi connectivity index (χ0n) is 17.2. The summed E-state index contributed by atoms with van der Waals surface area (Å²) in [5.74, 6) is 0.308. The molecular weight excluding hydrogens is 424 g/mol. The number of rotatable bonds is 3. The highest BCUT2D eigenvalue weighted by Gasteiger charge is 2.33. The third kappa shape index (κ3) is 3.26. The fourth-order valence-electron chi connectivity index (χ4n) is 4.52. The van der Waals surface area contributed by atoms with Gasteiger partial charge >= 0.3 is 5.69 Å². The van der Waals surface area contributed by atoms with Gasteiger partial charge in [-0.15, -0.1) is 11.8 Å². The molecule has 0 saturated carbocycles. The maximum Gasteiger partial charge on any atom is 0.331 e. The fourth-order valence-corrected chi connectivity index (χ4v) is 5.69. The Bertz CT molecular complexity index is 1370. The van der Waals surface area contributed by atoms with Gasteiger partial charge in [0.2, 0.25) is 5.91 Å². The van der Waals surface area contributed by atoms with Gasteiger partial charge in [0.1, 0.15) is 18.2 Å². The van der Waals surface area contributed by atoms with E-state index in [1.165, 1.54) is 4.57 Å². The first-order valence-corrected chi connectivity index (χ1v) is 11.4. The van der Waals surface area contributed by atoms with Crippen molar-refractivity contribution in [3.63, 3.8) is 0 Å². The number of hydrogen-bond donors (Lipinski definition) is 0. The lowest BCUT2D eigenvalue weighted by atomic mass is 10.1. The normalized spacial score (nSPS) is 16.8. The van der Waals surface area contributed by atoms with Crippen molar-refractivity contribution in [2.75, 3.05) is 10.7 Å². The Kier molecular flexibility index (Phi) is 5.19. The van der Waals surface area contributed by atoms with Crippen molar-refractivity contribution in [2.24, 2.45) is 0 Å². The maximum atomic E-state index is 13.6. The van der Waals surface area contributed by atoms with Crippen molar-refractivity contribution in [3.8, 4) is 6.07 Å². The predicted molar refractivity (Wildman–Crippen MR) is 122 cm³/mol. The monoisotopic (exact) mass is 444 g/mol. The Hall–Kier alpha value is -3.57. The number of fused-ring (bicyclic) bond motifs is 2. The Morgan fingerprint density at radius 1 is 1.09 bits per heavy atom. The summed E-state index contributed by atoms with van der Waals surface area (Å²) in [6, 6.07) is 19.1. The molecular formula is C24H20N4O3S. The van der Waals surface area contributed by atoms with Gasteiger partial charge in [-0.3, -0.25) is 14.2 Å². The molecule has 0 bridgehead atoms. The Balaban J connectivity index is 1.60. The molecule has 5 rings (SSSR count). The topological polar surface area (TPSA) is 88.1 Å². The number of amides is 1. The van der Waals surface area contributed by atoms with Crippen molar-refractivity contribution in [1.29, 1.82) is 5.26 Å². The van der Waals surface area contributed by atoms with E-state index in [1.807, 2.05) is 60.7 Å². The van der Waals surface area contributed by atoms with Crippen LogP contribution in [0, 0.1) is 11.3 Å². The highest BCUT2D eigenvalue weighted by atomic mass is 32.2. The molecule has 8 heteroatoms. The molecule has 0 saturated heterocycles. The van der Waals surface area contributed by atoms with Gasteiger partial charge in [-0.1, -0.05) is 42.5 Å². The van der Waals surface area contributed by atoms with Gasteiger partial charge in [-0.2, -0.15) is 5.26 Å². The molecule has 1 aromatic heterocycles. The van der Waals surface area contributed by atoms with Gasteiger partial charge in [0.15, 0.2) is 0 Å². The number of hydrogen-bond acceptors (Lipinski definition) is 5. The van der Waals surface area contributed by atoms with Crippen LogP contribution in [0.1, 0.15) is 29.3 Å². The summed E-state index contributed by atoms with van der Waals surface area (Å²) >= 11 is 1.68. The molecule has 7 nitrogen and oxygen atoms in total. The lowest BCUT2D eigenvalue weighted by molar-refractivity contribution is -0.119. The van der Waals surface area contributed by atoms with Gasteiger partial charge in [0, 0.05) is 22.9 Å². The molecule has 0 spiro atoms. The zero-order chi connectivity index (χ0) is 22.2. The van der Waals surface area contributed by atoms with Crippen molar-refractivity contribution in [3.05, 3.63) is 92.3 Å². The summed E-state index contributed by atoms with van der Waals surface area (Å²) in [5.41, 5.74) is 0.980. The molecule has 2 aliphatic heterocycles. The number of carbonyl (C=O) groups excluding carboxylic acids is 1. The van der Waals surface area contributed by atoms with Crippen LogP contribution in [0.2, 0.25) is 0 Å². The van der Waals surface area contributed by atoms with Gasteiger partial charge in [-0.05, 0) is 30.5 Å². The number of nitriles is 1. The molecule has 0 aliphatic carbocycles. The molecule has 160 valence electrons. The standard InChI is InChI=1S/C24H20N4O3S/c25-13-17-18-10-6-12-26(18)24(31)27(23(17)30)14-22(29)28-19-9-4-5-11-21(19)32-15-20(28)16-7-2-1-3-8-16/h1-5,7-9,11,20H,6,10,12,14-15H2/t20-/m1/s1. The van der Waals surface area contributed by atoms with Crippen LogP contribution in [-0.4, -0.2) is 20.8 Å². The number of thioether (sulfide) groups is 1. The lowest BCUT2D eigenvalue weighted by Crippen LogP contribution is -2.47. The van der Waals surface area contributed by atoms with Crippen molar-refractivity contribution in [2.45, 2.75) is 36.9 Å². The molecule has 3 aromatic rings. The average Bonchev–Trinajstić information content (AvgIpc) is 3.31. The smallest absolute Gasteiger partial charge is 0.301 e. The Morgan fingerprint density at radius 3 is 2.62 bits per heavy atom. The first kappa shape index (κ1) is 20.3. The lowest BCUT2D eigenvalue weighted by Gasteiger charge is -2.37. The van der Waals surface area contributed by atoms with Crippen LogP contribution in [0.15, 0.2) is 69.1 Å². The molecule has 3 heterocycles. The number of para-hydroxylation sites is 1. The van der Waals surface area contributed by atoms with Crippen LogP contribution in [0.4, 0.5) is 5.69 Å². The number of nitrogens with zero attached hydrogens (tertiary/aromatic N) is 4. The molecule has 0 N–H and O–H groups in total. The fraction of sp³-hybridized carbons (Fsp3) is 0.250. The van der Waals surface area contributed by atoms with Crippen LogP contribution in [-0.2, 0) is 24.3 Å². The second-order valence-electron chi connectivity index (χ2n) is 7.83. The SMILES string of the molecule is N#Cc1c2n(c(=O)n(CC(=O)N3c4ccccc4SC[C@@H]3c3ccccc3)c1=O)CCC2. The van der Waals surface area contributed by atoms with Crippen LogP contribution in [0.25, 0.3) is 0 Å². The van der Waals surface area contributed by atoms with Gasteiger partial charge in [0.25, 0.3) is 5.56 Å². The van der Waals surface area contributed by atoms with E-state index in [2.05, 4.69) is 0 Å². The van der Waals surface area contributed by atoms with E-state index < -0.39 is 17.8 Å². The minimum absolute atomic E-state index is 0.0379. The molecule has 0 fully saturated rings.